The lowest BCUT2D eigenvalue weighted by Gasteiger charge is -2.40. The molecule has 2 heterocycles. The van der Waals surface area contributed by atoms with Gasteiger partial charge in [0.15, 0.2) is 6.29 Å². The van der Waals surface area contributed by atoms with Crippen molar-refractivity contribution in [3.05, 3.63) is 42.0 Å². The minimum absolute atomic E-state index is 0.00480. The van der Waals surface area contributed by atoms with Gasteiger partial charge in [-0.05, 0) is 18.6 Å². The van der Waals surface area contributed by atoms with Crippen LogP contribution in [-0.2, 0) is 28.5 Å². The number of cyclic esters (lactones) is 1. The van der Waals surface area contributed by atoms with Gasteiger partial charge in [-0.25, -0.2) is 4.79 Å². The zero-order chi connectivity index (χ0) is 21.0. The highest BCUT2D eigenvalue weighted by Gasteiger charge is 2.47. The van der Waals surface area contributed by atoms with E-state index in [9.17, 15) is 24.9 Å². The van der Waals surface area contributed by atoms with Gasteiger partial charge in [-0.15, -0.1) is 0 Å². The molecule has 0 amide bonds. The minimum Gasteiger partial charge on any atom is -0.463 e. The molecule has 2 aliphatic heterocycles. The molecular weight excluding hydrogens is 384 g/mol. The molecule has 0 saturated carbocycles. The maximum Gasteiger partial charge on any atom is 0.330 e. The van der Waals surface area contributed by atoms with E-state index in [4.69, 9.17) is 18.9 Å². The number of carbonyl (C=O) groups excluding carboxylic acids is 2. The highest BCUT2D eigenvalue weighted by molar-refractivity contribution is 5.87. The van der Waals surface area contributed by atoms with Gasteiger partial charge in [0.05, 0.1) is 5.92 Å². The van der Waals surface area contributed by atoms with E-state index in [0.29, 0.717) is 0 Å². The van der Waals surface area contributed by atoms with Crippen LogP contribution in [0.5, 0.6) is 0 Å². The summed E-state index contributed by atoms with van der Waals surface area (Å²) in [5.41, 5.74) is 0.813. The van der Waals surface area contributed by atoms with Gasteiger partial charge in [0.1, 0.15) is 43.7 Å². The van der Waals surface area contributed by atoms with Crippen molar-refractivity contribution in [2.45, 2.75) is 43.7 Å². The molecular formula is C20H24O9. The van der Waals surface area contributed by atoms with Gasteiger partial charge >= 0.3 is 11.9 Å². The van der Waals surface area contributed by atoms with E-state index in [0.717, 1.165) is 5.56 Å². The van der Waals surface area contributed by atoms with Gasteiger partial charge in [0.25, 0.3) is 0 Å². The average molecular weight is 408 g/mol. The predicted molar refractivity (Wildman–Crippen MR) is 98.1 cm³/mol. The highest BCUT2D eigenvalue weighted by atomic mass is 16.7. The molecule has 2 fully saturated rings. The second-order valence-electron chi connectivity index (χ2n) is 6.98. The molecule has 2 aliphatic rings. The Kier molecular flexibility index (Phi) is 6.99. The normalized spacial score (nSPS) is 34.9. The van der Waals surface area contributed by atoms with Crippen LogP contribution in [0.25, 0.3) is 6.08 Å². The van der Waals surface area contributed by atoms with E-state index in [1.54, 1.807) is 13.0 Å². The smallest absolute Gasteiger partial charge is 0.330 e. The lowest BCUT2D eigenvalue weighted by Crippen LogP contribution is -2.60. The molecule has 9 heteroatoms. The second kappa shape index (κ2) is 9.47. The summed E-state index contributed by atoms with van der Waals surface area (Å²) in [6.07, 6.45) is -4.92. The van der Waals surface area contributed by atoms with Crippen LogP contribution >= 0.6 is 0 Å². The number of benzene rings is 1. The van der Waals surface area contributed by atoms with Gasteiger partial charge in [-0.2, -0.15) is 0 Å². The van der Waals surface area contributed by atoms with E-state index >= 15 is 0 Å². The van der Waals surface area contributed by atoms with Gasteiger partial charge in [-0.3, -0.25) is 4.79 Å². The van der Waals surface area contributed by atoms with E-state index in [1.165, 1.54) is 6.08 Å². The number of carbonyl (C=O) groups is 2. The van der Waals surface area contributed by atoms with Gasteiger partial charge in [0.2, 0.25) is 0 Å². The molecule has 7 atom stereocenters. The van der Waals surface area contributed by atoms with Crippen LogP contribution in [0.4, 0.5) is 0 Å². The van der Waals surface area contributed by atoms with E-state index in [-0.39, 0.29) is 13.2 Å². The number of hydrogen-bond donors (Lipinski definition) is 3. The lowest BCUT2D eigenvalue weighted by atomic mass is 9.99. The van der Waals surface area contributed by atoms with Crippen LogP contribution in [0.15, 0.2) is 36.4 Å². The summed E-state index contributed by atoms with van der Waals surface area (Å²) in [6, 6.07) is 9.14. The first-order chi connectivity index (χ1) is 13.9. The Morgan fingerprint density at radius 2 is 1.90 bits per heavy atom. The van der Waals surface area contributed by atoms with Crippen molar-refractivity contribution >= 4 is 18.0 Å². The van der Waals surface area contributed by atoms with Crippen molar-refractivity contribution in [2.24, 2.45) is 5.92 Å². The van der Waals surface area contributed by atoms with E-state index in [2.05, 4.69) is 0 Å². The number of rotatable bonds is 6. The molecule has 3 N–H and O–H groups in total. The molecule has 3 rings (SSSR count). The van der Waals surface area contributed by atoms with Crippen LogP contribution in [0, 0.1) is 5.92 Å². The summed E-state index contributed by atoms with van der Waals surface area (Å²) in [5.74, 6) is -1.66. The Balaban J connectivity index is 1.55. The van der Waals surface area contributed by atoms with Crippen molar-refractivity contribution < 1.29 is 43.9 Å². The predicted octanol–water partition coefficient (Wildman–Crippen LogP) is -0.371. The van der Waals surface area contributed by atoms with Crippen molar-refractivity contribution in [2.75, 3.05) is 13.2 Å². The molecule has 1 aromatic carbocycles. The minimum atomic E-state index is -1.58. The molecule has 2 saturated heterocycles. The van der Waals surface area contributed by atoms with Crippen molar-refractivity contribution in [1.82, 2.24) is 0 Å². The number of aliphatic hydroxyl groups excluding tert-OH is 3. The summed E-state index contributed by atoms with van der Waals surface area (Å²) in [6.45, 7) is 1.24. The molecule has 1 aromatic rings. The average Bonchev–Trinajstić information content (AvgIpc) is 3.04. The summed E-state index contributed by atoms with van der Waals surface area (Å²) in [4.78, 5) is 23.4. The summed E-state index contributed by atoms with van der Waals surface area (Å²) < 4.78 is 21.0. The fourth-order valence-corrected chi connectivity index (χ4v) is 3.03. The summed E-state index contributed by atoms with van der Waals surface area (Å²) in [5, 5.41) is 30.3. The Morgan fingerprint density at radius 3 is 2.55 bits per heavy atom. The molecule has 0 spiro atoms. The number of esters is 2. The first-order valence-corrected chi connectivity index (χ1v) is 9.28. The largest absolute Gasteiger partial charge is 0.463 e. The van der Waals surface area contributed by atoms with Crippen molar-refractivity contribution in [1.29, 1.82) is 0 Å². The summed E-state index contributed by atoms with van der Waals surface area (Å²) in [7, 11) is 0. The molecule has 2 unspecified atom stereocenters. The fraction of sp³-hybridized carbons (Fsp3) is 0.500. The van der Waals surface area contributed by atoms with Crippen LogP contribution < -0.4 is 0 Å². The van der Waals surface area contributed by atoms with Crippen LogP contribution in [-0.4, -0.2) is 77.3 Å². The standard InChI is InChI=1S/C20H24O9/c1-11-13(9-27-19(11)25)28-20-18(24)17(23)16(22)14(29-20)10-26-15(21)8-7-12-5-3-2-4-6-12/h2-8,11,13-14,16-18,20,22-24H,9-10H2,1H3/b8-7+/t11?,13?,14-,16-,17+,18-,20-/m1/s1. The zero-order valence-electron chi connectivity index (χ0n) is 15.8. The zero-order valence-corrected chi connectivity index (χ0v) is 15.8. The van der Waals surface area contributed by atoms with Gasteiger partial charge in [0, 0.05) is 6.08 Å². The third-order valence-electron chi connectivity index (χ3n) is 4.90. The van der Waals surface area contributed by atoms with Crippen LogP contribution in [0.2, 0.25) is 0 Å². The molecule has 0 aromatic heterocycles. The van der Waals surface area contributed by atoms with E-state index < -0.39 is 54.7 Å². The van der Waals surface area contributed by atoms with Crippen molar-refractivity contribution in [3.63, 3.8) is 0 Å². The quantitative estimate of drug-likeness (QED) is 0.426. The first kappa shape index (κ1) is 21.4. The van der Waals surface area contributed by atoms with Crippen LogP contribution in [0.1, 0.15) is 12.5 Å². The first-order valence-electron chi connectivity index (χ1n) is 9.28. The van der Waals surface area contributed by atoms with E-state index in [1.807, 2.05) is 30.3 Å². The fourth-order valence-electron chi connectivity index (χ4n) is 3.03. The monoisotopic (exact) mass is 408 g/mol. The molecule has 0 radical (unpaired) electrons. The number of ether oxygens (including phenoxy) is 4. The Labute approximate surface area is 167 Å². The third kappa shape index (κ3) is 5.20. The molecule has 0 bridgehead atoms. The molecule has 9 nitrogen and oxygen atoms in total. The molecule has 0 aliphatic carbocycles. The van der Waals surface area contributed by atoms with Gasteiger partial charge in [-0.1, -0.05) is 30.3 Å². The number of hydrogen-bond acceptors (Lipinski definition) is 9. The second-order valence-corrected chi connectivity index (χ2v) is 6.98. The third-order valence-corrected chi connectivity index (χ3v) is 4.90. The Morgan fingerprint density at radius 1 is 1.17 bits per heavy atom. The maximum atomic E-state index is 11.9. The highest BCUT2D eigenvalue weighted by Crippen LogP contribution is 2.27. The SMILES string of the molecule is CC1C(=O)OCC1O[C@@H]1O[C@H](COC(=O)/C=C/c2ccccc2)[C@@H](O)[C@H](O)[C@H]1O. The Bertz CT molecular complexity index is 735. The summed E-state index contributed by atoms with van der Waals surface area (Å²) >= 11 is 0. The molecule has 158 valence electrons. The van der Waals surface area contributed by atoms with Crippen LogP contribution in [0.3, 0.4) is 0 Å². The topological polar surface area (TPSA) is 132 Å². The lowest BCUT2D eigenvalue weighted by molar-refractivity contribution is -0.313. The molecule has 29 heavy (non-hydrogen) atoms. The number of aliphatic hydroxyl groups is 3. The Hall–Kier alpha value is -2.30. The van der Waals surface area contributed by atoms with Crippen molar-refractivity contribution in [3.8, 4) is 0 Å². The van der Waals surface area contributed by atoms with Gasteiger partial charge < -0.3 is 34.3 Å². The maximum absolute atomic E-state index is 11.9.